The van der Waals surface area contributed by atoms with Crippen molar-refractivity contribution in [2.45, 2.75) is 64.0 Å². The van der Waals surface area contributed by atoms with Crippen LogP contribution >= 0.6 is 0 Å². The van der Waals surface area contributed by atoms with E-state index in [1.807, 2.05) is 0 Å². The highest BCUT2D eigenvalue weighted by atomic mass is 19.3. The zero-order chi connectivity index (χ0) is 12.4. The van der Waals surface area contributed by atoms with Crippen LogP contribution in [0.5, 0.6) is 0 Å². The Morgan fingerprint density at radius 1 is 1.44 bits per heavy atom. The first-order valence-electron chi connectivity index (χ1n) is 6.24. The smallest absolute Gasteiger partial charge is 0.265 e. The monoisotopic (exact) mass is 234 g/mol. The number of nitrogens with zero attached hydrogens (tertiary/aromatic N) is 1. The van der Waals surface area contributed by atoms with Gasteiger partial charge in [-0.1, -0.05) is 20.3 Å². The number of halogens is 2. The Hall–Kier alpha value is -0.220. The van der Waals surface area contributed by atoms with Crippen LogP contribution in [0.4, 0.5) is 8.78 Å². The van der Waals surface area contributed by atoms with E-state index in [0.29, 0.717) is 13.1 Å². The number of hydrogen-bond acceptors (Lipinski definition) is 2. The van der Waals surface area contributed by atoms with E-state index >= 15 is 0 Å². The van der Waals surface area contributed by atoms with E-state index in [4.69, 9.17) is 5.73 Å². The highest BCUT2D eigenvalue weighted by Crippen LogP contribution is 2.33. The summed E-state index contributed by atoms with van der Waals surface area (Å²) in [5.41, 5.74) is 5.59. The minimum Gasteiger partial charge on any atom is -0.322 e. The molecule has 2 atom stereocenters. The molecule has 1 rings (SSSR count). The van der Waals surface area contributed by atoms with E-state index in [-0.39, 0.29) is 12.0 Å². The molecule has 0 aromatic heterocycles. The fourth-order valence-corrected chi connectivity index (χ4v) is 2.52. The molecule has 96 valence electrons. The molecule has 0 spiro atoms. The highest BCUT2D eigenvalue weighted by molar-refractivity contribution is 4.95. The van der Waals surface area contributed by atoms with E-state index in [1.54, 1.807) is 0 Å². The molecule has 2 unspecified atom stereocenters. The van der Waals surface area contributed by atoms with E-state index in [0.717, 1.165) is 19.3 Å². The molecule has 16 heavy (non-hydrogen) atoms. The number of hydrogen-bond donors (Lipinski definition) is 1. The second-order valence-electron chi connectivity index (χ2n) is 5.16. The van der Waals surface area contributed by atoms with E-state index in [9.17, 15) is 8.78 Å². The average Bonchev–Trinajstić information content (AvgIpc) is 2.22. The van der Waals surface area contributed by atoms with Gasteiger partial charge in [-0.05, 0) is 19.8 Å². The van der Waals surface area contributed by atoms with Crippen LogP contribution in [-0.2, 0) is 0 Å². The van der Waals surface area contributed by atoms with Crippen LogP contribution in [0.2, 0.25) is 0 Å². The molecule has 0 bridgehead atoms. The van der Waals surface area contributed by atoms with Gasteiger partial charge in [0.15, 0.2) is 0 Å². The molecule has 1 fully saturated rings. The van der Waals surface area contributed by atoms with Gasteiger partial charge in [0.2, 0.25) is 0 Å². The molecule has 1 saturated heterocycles. The lowest BCUT2D eigenvalue weighted by Crippen LogP contribution is -2.60. The summed E-state index contributed by atoms with van der Waals surface area (Å²) in [5.74, 6) is -2.68. The molecule has 1 aliphatic rings. The molecule has 0 radical (unpaired) electrons. The third kappa shape index (κ3) is 2.72. The standard InChI is InChI=1S/C12H24F2N2/c1-4-6-11(3,5-2)16-8-7-12(13,14)10(15)9-16/h10H,4-9,15H2,1-3H3. The number of alkyl halides is 2. The molecule has 0 aromatic carbocycles. The maximum absolute atomic E-state index is 13.3. The Morgan fingerprint density at radius 3 is 2.50 bits per heavy atom. The maximum Gasteiger partial charge on any atom is 0.265 e. The Kier molecular flexibility index (Phi) is 4.29. The average molecular weight is 234 g/mol. The van der Waals surface area contributed by atoms with Gasteiger partial charge in [-0.3, -0.25) is 4.90 Å². The van der Waals surface area contributed by atoms with E-state index in [2.05, 4.69) is 25.7 Å². The van der Waals surface area contributed by atoms with E-state index < -0.39 is 12.0 Å². The normalized spacial score (nSPS) is 30.0. The SMILES string of the molecule is CCCC(C)(CC)N1CCC(F)(F)C(N)C1. The van der Waals surface area contributed by atoms with Gasteiger partial charge in [-0.25, -0.2) is 8.78 Å². The first kappa shape index (κ1) is 13.8. The Labute approximate surface area is 97.2 Å². The number of rotatable bonds is 4. The number of piperidine rings is 1. The second-order valence-corrected chi connectivity index (χ2v) is 5.16. The Morgan fingerprint density at radius 2 is 2.06 bits per heavy atom. The lowest BCUT2D eigenvalue weighted by atomic mass is 9.87. The van der Waals surface area contributed by atoms with Gasteiger partial charge in [0.1, 0.15) is 0 Å². The lowest BCUT2D eigenvalue weighted by Gasteiger charge is -2.47. The fourth-order valence-electron chi connectivity index (χ4n) is 2.52. The zero-order valence-corrected chi connectivity index (χ0v) is 10.6. The Balaban J connectivity index is 2.69. The van der Waals surface area contributed by atoms with Crippen molar-refractivity contribution in [3.05, 3.63) is 0 Å². The van der Waals surface area contributed by atoms with Crippen molar-refractivity contribution in [2.75, 3.05) is 13.1 Å². The topological polar surface area (TPSA) is 29.3 Å². The van der Waals surface area contributed by atoms with Gasteiger partial charge in [-0.15, -0.1) is 0 Å². The summed E-state index contributed by atoms with van der Waals surface area (Å²) in [7, 11) is 0. The van der Waals surface area contributed by atoms with Crippen LogP contribution in [0, 0.1) is 0 Å². The summed E-state index contributed by atoms with van der Waals surface area (Å²) in [4.78, 5) is 2.15. The van der Waals surface area contributed by atoms with Crippen molar-refractivity contribution in [1.82, 2.24) is 4.90 Å². The fraction of sp³-hybridized carbons (Fsp3) is 1.00. The van der Waals surface area contributed by atoms with Crippen molar-refractivity contribution >= 4 is 0 Å². The van der Waals surface area contributed by atoms with E-state index in [1.165, 1.54) is 0 Å². The first-order valence-corrected chi connectivity index (χ1v) is 6.24. The third-order valence-electron chi connectivity index (χ3n) is 3.99. The van der Waals surface area contributed by atoms with Crippen molar-refractivity contribution in [3.63, 3.8) is 0 Å². The van der Waals surface area contributed by atoms with Gasteiger partial charge in [-0.2, -0.15) is 0 Å². The third-order valence-corrected chi connectivity index (χ3v) is 3.99. The molecule has 2 N–H and O–H groups in total. The van der Waals surface area contributed by atoms with Gasteiger partial charge in [0.05, 0.1) is 6.04 Å². The molecule has 4 heteroatoms. The molecular formula is C12H24F2N2. The van der Waals surface area contributed by atoms with Gasteiger partial charge < -0.3 is 5.73 Å². The van der Waals surface area contributed by atoms with Crippen LogP contribution in [0.1, 0.15) is 46.5 Å². The van der Waals surface area contributed by atoms with Crippen molar-refractivity contribution in [1.29, 1.82) is 0 Å². The Bertz CT molecular complexity index is 233. The molecule has 0 aromatic rings. The minimum atomic E-state index is -2.68. The lowest BCUT2D eigenvalue weighted by molar-refractivity contribution is -0.0939. The summed E-state index contributed by atoms with van der Waals surface area (Å²) in [5, 5.41) is 0. The minimum absolute atomic E-state index is 0.0306. The van der Waals surface area contributed by atoms with Crippen LogP contribution in [0.15, 0.2) is 0 Å². The zero-order valence-electron chi connectivity index (χ0n) is 10.6. The van der Waals surface area contributed by atoms with Crippen molar-refractivity contribution < 1.29 is 8.78 Å². The van der Waals surface area contributed by atoms with Crippen LogP contribution in [0.3, 0.4) is 0 Å². The number of likely N-dealkylation sites (tertiary alicyclic amines) is 1. The second kappa shape index (κ2) is 4.96. The summed E-state index contributed by atoms with van der Waals surface area (Å²) < 4.78 is 26.6. The predicted molar refractivity (Wildman–Crippen MR) is 62.7 cm³/mol. The largest absolute Gasteiger partial charge is 0.322 e. The summed E-state index contributed by atoms with van der Waals surface area (Å²) >= 11 is 0. The highest BCUT2D eigenvalue weighted by Gasteiger charge is 2.45. The quantitative estimate of drug-likeness (QED) is 0.810. The maximum atomic E-state index is 13.3. The molecule has 0 amide bonds. The first-order chi connectivity index (χ1) is 7.35. The molecule has 0 aliphatic carbocycles. The van der Waals surface area contributed by atoms with Gasteiger partial charge in [0.25, 0.3) is 5.92 Å². The molecule has 0 saturated carbocycles. The molecule has 1 heterocycles. The molecule has 1 aliphatic heterocycles. The summed E-state index contributed by atoms with van der Waals surface area (Å²) in [6, 6.07) is -1.01. The summed E-state index contributed by atoms with van der Waals surface area (Å²) in [6.07, 6.45) is 3.00. The van der Waals surface area contributed by atoms with Gasteiger partial charge in [0, 0.05) is 25.0 Å². The molecule has 2 nitrogen and oxygen atoms in total. The van der Waals surface area contributed by atoms with Crippen molar-refractivity contribution in [3.8, 4) is 0 Å². The van der Waals surface area contributed by atoms with Crippen LogP contribution < -0.4 is 5.73 Å². The van der Waals surface area contributed by atoms with Crippen LogP contribution in [-0.4, -0.2) is 35.5 Å². The van der Waals surface area contributed by atoms with Crippen molar-refractivity contribution in [2.24, 2.45) is 5.73 Å². The number of nitrogens with two attached hydrogens (primary N) is 1. The van der Waals surface area contributed by atoms with Gasteiger partial charge >= 0.3 is 0 Å². The summed E-state index contributed by atoms with van der Waals surface area (Å²) in [6.45, 7) is 7.19. The molecular weight excluding hydrogens is 210 g/mol. The predicted octanol–water partition coefficient (Wildman–Crippen LogP) is 2.62. The van der Waals surface area contributed by atoms with Crippen LogP contribution in [0.25, 0.3) is 0 Å².